The summed E-state index contributed by atoms with van der Waals surface area (Å²) in [4.78, 5) is 4.60. The molecule has 2 rings (SSSR count). The van der Waals surface area contributed by atoms with E-state index in [-0.39, 0.29) is 12.1 Å². The second-order valence-electron chi connectivity index (χ2n) is 4.80. The van der Waals surface area contributed by atoms with Crippen LogP contribution < -0.4 is 5.73 Å². The normalized spacial score (nSPS) is 29.5. The first kappa shape index (κ1) is 12.5. The number of aryl methyl sites for hydroxylation is 2. The van der Waals surface area contributed by atoms with Crippen LogP contribution in [-0.4, -0.2) is 32.0 Å². The lowest BCUT2D eigenvalue weighted by molar-refractivity contribution is 0.0985. The van der Waals surface area contributed by atoms with E-state index < -0.39 is 0 Å². The van der Waals surface area contributed by atoms with Gasteiger partial charge >= 0.3 is 0 Å². The van der Waals surface area contributed by atoms with Gasteiger partial charge in [0.1, 0.15) is 5.82 Å². The second-order valence-corrected chi connectivity index (χ2v) is 4.80. The molecule has 5 nitrogen and oxygen atoms in total. The van der Waals surface area contributed by atoms with Gasteiger partial charge in [-0.25, -0.2) is 9.67 Å². The highest BCUT2D eigenvalue weighted by atomic mass is 16.3. The minimum atomic E-state index is -0.352. The van der Waals surface area contributed by atoms with Gasteiger partial charge in [0.25, 0.3) is 0 Å². The van der Waals surface area contributed by atoms with E-state index in [0.717, 1.165) is 43.9 Å². The molecular weight excluding hydrogens is 216 g/mol. The fourth-order valence-corrected chi connectivity index (χ4v) is 2.51. The van der Waals surface area contributed by atoms with E-state index in [1.165, 1.54) is 0 Å². The van der Waals surface area contributed by atoms with Gasteiger partial charge in [-0.1, -0.05) is 6.92 Å². The molecule has 1 aromatic heterocycles. The Morgan fingerprint density at radius 2 is 2.18 bits per heavy atom. The van der Waals surface area contributed by atoms with Gasteiger partial charge in [0, 0.05) is 24.9 Å². The minimum absolute atomic E-state index is 0.124. The molecule has 1 saturated carbocycles. The third-order valence-corrected chi connectivity index (χ3v) is 3.59. The summed E-state index contributed by atoms with van der Waals surface area (Å²) in [5.74, 6) is 2.30. The molecule has 0 saturated heterocycles. The Hall–Kier alpha value is -0.940. The van der Waals surface area contributed by atoms with Crippen molar-refractivity contribution in [1.29, 1.82) is 0 Å². The molecule has 1 aliphatic carbocycles. The summed E-state index contributed by atoms with van der Waals surface area (Å²) in [7, 11) is 0. The molecule has 96 valence electrons. The summed E-state index contributed by atoms with van der Waals surface area (Å²) < 4.78 is 1.98. The second kappa shape index (κ2) is 5.14. The van der Waals surface area contributed by atoms with E-state index in [4.69, 9.17) is 5.73 Å². The van der Waals surface area contributed by atoms with Crippen molar-refractivity contribution in [2.24, 2.45) is 5.73 Å². The van der Waals surface area contributed by atoms with Crippen LogP contribution in [0.3, 0.4) is 0 Å². The monoisotopic (exact) mass is 238 g/mol. The molecule has 0 bridgehead atoms. The van der Waals surface area contributed by atoms with Crippen LogP contribution in [0.15, 0.2) is 0 Å². The number of nitrogens with zero attached hydrogens (tertiary/aromatic N) is 3. The summed E-state index contributed by atoms with van der Waals surface area (Å²) >= 11 is 0. The molecular formula is C12H22N4O. The lowest BCUT2D eigenvalue weighted by Gasteiger charge is -2.30. The highest BCUT2D eigenvalue weighted by Gasteiger charge is 2.30. The lowest BCUT2D eigenvalue weighted by Crippen LogP contribution is -2.40. The summed E-state index contributed by atoms with van der Waals surface area (Å²) in [6.07, 6.45) is 3.04. The van der Waals surface area contributed by atoms with Crippen LogP contribution in [0.1, 0.15) is 50.7 Å². The van der Waals surface area contributed by atoms with Crippen molar-refractivity contribution in [1.82, 2.24) is 14.8 Å². The molecule has 1 aliphatic rings. The molecule has 3 atom stereocenters. The Bertz CT molecular complexity index is 377. The topological polar surface area (TPSA) is 77.0 Å². The summed E-state index contributed by atoms with van der Waals surface area (Å²) in [6, 6.07) is -0.124. The Morgan fingerprint density at radius 1 is 1.41 bits per heavy atom. The van der Waals surface area contributed by atoms with Crippen LogP contribution in [0.2, 0.25) is 0 Å². The van der Waals surface area contributed by atoms with Gasteiger partial charge in [-0.15, -0.1) is 0 Å². The first-order valence-electron chi connectivity index (χ1n) is 6.52. The van der Waals surface area contributed by atoms with E-state index in [1.807, 2.05) is 4.68 Å². The lowest BCUT2D eigenvalue weighted by atomic mass is 9.83. The minimum Gasteiger partial charge on any atom is -0.392 e. The van der Waals surface area contributed by atoms with Gasteiger partial charge in [-0.05, 0) is 26.2 Å². The Balaban J connectivity index is 2.18. The standard InChI is InChI=1S/C12H22N4O/c1-3-11-14-12(16(4-2)15-11)8-5-6-10(17)9(13)7-8/h8-10,17H,3-7,13H2,1-2H3/t8-,9+,10+/m0/s1. The van der Waals surface area contributed by atoms with E-state index in [0.29, 0.717) is 5.92 Å². The summed E-state index contributed by atoms with van der Waals surface area (Å²) in [5, 5.41) is 14.1. The van der Waals surface area contributed by atoms with E-state index in [2.05, 4.69) is 23.9 Å². The van der Waals surface area contributed by atoms with Gasteiger partial charge in [0.05, 0.1) is 6.10 Å². The maximum Gasteiger partial charge on any atom is 0.150 e. The predicted octanol–water partition coefficient (Wildman–Crippen LogP) is 0.816. The highest BCUT2D eigenvalue weighted by molar-refractivity contribution is 5.04. The van der Waals surface area contributed by atoms with Gasteiger partial charge in [-0.3, -0.25) is 0 Å². The first-order valence-corrected chi connectivity index (χ1v) is 6.52. The maximum absolute atomic E-state index is 9.65. The largest absolute Gasteiger partial charge is 0.392 e. The zero-order chi connectivity index (χ0) is 12.4. The van der Waals surface area contributed by atoms with Gasteiger partial charge in [-0.2, -0.15) is 5.10 Å². The number of rotatable bonds is 3. The van der Waals surface area contributed by atoms with Crippen molar-refractivity contribution in [3.8, 4) is 0 Å². The first-order chi connectivity index (χ1) is 8.15. The molecule has 17 heavy (non-hydrogen) atoms. The van der Waals surface area contributed by atoms with Crippen LogP contribution in [0.5, 0.6) is 0 Å². The molecule has 5 heteroatoms. The van der Waals surface area contributed by atoms with Gasteiger partial charge < -0.3 is 10.8 Å². The van der Waals surface area contributed by atoms with Crippen molar-refractivity contribution in [2.45, 2.75) is 64.1 Å². The molecule has 1 aromatic rings. The predicted molar refractivity (Wildman–Crippen MR) is 65.6 cm³/mol. The summed E-state index contributed by atoms with van der Waals surface area (Å²) in [5.41, 5.74) is 5.93. The molecule has 0 aliphatic heterocycles. The smallest absolute Gasteiger partial charge is 0.150 e. The number of hydrogen-bond donors (Lipinski definition) is 2. The molecule has 1 heterocycles. The van der Waals surface area contributed by atoms with Gasteiger partial charge in [0.15, 0.2) is 5.82 Å². The number of nitrogens with two attached hydrogens (primary N) is 1. The van der Waals surface area contributed by atoms with Crippen LogP contribution >= 0.6 is 0 Å². The fourth-order valence-electron chi connectivity index (χ4n) is 2.51. The van der Waals surface area contributed by atoms with E-state index in [9.17, 15) is 5.11 Å². The molecule has 3 N–H and O–H groups in total. The zero-order valence-electron chi connectivity index (χ0n) is 10.6. The van der Waals surface area contributed by atoms with Crippen molar-refractivity contribution in [3.05, 3.63) is 11.6 Å². The molecule has 0 amide bonds. The number of aliphatic hydroxyl groups excluding tert-OH is 1. The van der Waals surface area contributed by atoms with Crippen molar-refractivity contribution in [2.75, 3.05) is 0 Å². The zero-order valence-corrected chi connectivity index (χ0v) is 10.6. The van der Waals surface area contributed by atoms with E-state index >= 15 is 0 Å². The Labute approximate surface area is 102 Å². The van der Waals surface area contributed by atoms with Gasteiger partial charge in [0.2, 0.25) is 0 Å². The average molecular weight is 238 g/mol. The third-order valence-electron chi connectivity index (χ3n) is 3.59. The quantitative estimate of drug-likeness (QED) is 0.817. The Kier molecular flexibility index (Phi) is 3.79. The van der Waals surface area contributed by atoms with Crippen molar-refractivity contribution >= 4 is 0 Å². The average Bonchev–Trinajstić information content (AvgIpc) is 2.76. The van der Waals surface area contributed by atoms with Crippen LogP contribution in [0.25, 0.3) is 0 Å². The van der Waals surface area contributed by atoms with Crippen molar-refractivity contribution in [3.63, 3.8) is 0 Å². The number of hydrogen-bond acceptors (Lipinski definition) is 4. The molecule has 0 radical (unpaired) electrons. The number of aromatic nitrogens is 3. The molecule has 0 aromatic carbocycles. The molecule has 0 unspecified atom stereocenters. The van der Waals surface area contributed by atoms with Crippen molar-refractivity contribution < 1.29 is 5.11 Å². The van der Waals surface area contributed by atoms with E-state index in [1.54, 1.807) is 0 Å². The highest BCUT2D eigenvalue weighted by Crippen LogP contribution is 2.31. The maximum atomic E-state index is 9.65. The summed E-state index contributed by atoms with van der Waals surface area (Å²) in [6.45, 7) is 4.99. The van der Waals surface area contributed by atoms with Crippen LogP contribution in [-0.2, 0) is 13.0 Å². The molecule has 0 spiro atoms. The third kappa shape index (κ3) is 2.50. The number of aliphatic hydroxyl groups is 1. The fraction of sp³-hybridized carbons (Fsp3) is 0.833. The molecule has 1 fully saturated rings. The Morgan fingerprint density at radius 3 is 2.76 bits per heavy atom. The van der Waals surface area contributed by atoms with Crippen LogP contribution in [0.4, 0.5) is 0 Å². The van der Waals surface area contributed by atoms with Crippen LogP contribution in [0, 0.1) is 0 Å². The SMILES string of the molecule is CCc1nc([C@H]2CC[C@@H](O)[C@H](N)C2)n(CC)n1.